The monoisotopic (exact) mass is 350 g/mol. The predicted molar refractivity (Wildman–Crippen MR) is 112 cm³/mol. The van der Waals surface area contributed by atoms with Crippen LogP contribution in [0.2, 0.25) is 0 Å². The average Bonchev–Trinajstić information content (AvgIpc) is 2.75. The molecule has 0 aliphatic heterocycles. The predicted octanol–water partition coefficient (Wildman–Crippen LogP) is 5.16. The molecule has 0 unspecified atom stereocenters. The Bertz CT molecular complexity index is 1080. The van der Waals surface area contributed by atoms with Gasteiger partial charge in [-0.25, -0.2) is 0 Å². The highest BCUT2D eigenvalue weighted by Gasteiger charge is 2.04. The van der Waals surface area contributed by atoms with Crippen molar-refractivity contribution in [3.8, 4) is 0 Å². The Labute approximate surface area is 157 Å². The molecule has 0 saturated heterocycles. The molecule has 0 bridgehead atoms. The summed E-state index contributed by atoms with van der Waals surface area (Å²) in [4.78, 5) is 0. The van der Waals surface area contributed by atoms with Crippen LogP contribution in [0.25, 0.3) is 16.8 Å². The van der Waals surface area contributed by atoms with Gasteiger partial charge in [-0.1, -0.05) is 91.0 Å². The average molecular weight is 350 g/mol. The van der Waals surface area contributed by atoms with E-state index in [0.29, 0.717) is 5.82 Å². The van der Waals surface area contributed by atoms with Crippen LogP contribution in [-0.2, 0) is 0 Å². The summed E-state index contributed by atoms with van der Waals surface area (Å²) >= 11 is 0. The zero-order chi connectivity index (χ0) is 18.3. The summed E-state index contributed by atoms with van der Waals surface area (Å²) in [6.07, 6.45) is 5.79. The topological polar surface area (TPSA) is 50.2 Å². The molecule has 0 atom stereocenters. The number of rotatable bonds is 5. The summed E-state index contributed by atoms with van der Waals surface area (Å²) in [5.74, 6) is 0.634. The zero-order valence-corrected chi connectivity index (χ0v) is 14.7. The van der Waals surface area contributed by atoms with Crippen molar-refractivity contribution in [3.63, 3.8) is 0 Å². The lowest BCUT2D eigenvalue weighted by Gasteiger charge is -2.06. The summed E-state index contributed by atoms with van der Waals surface area (Å²) in [6.45, 7) is 0. The molecule has 4 nitrogen and oxygen atoms in total. The van der Waals surface area contributed by atoms with Crippen LogP contribution in [0.5, 0.6) is 0 Å². The quantitative estimate of drug-likeness (QED) is 0.399. The van der Waals surface area contributed by atoms with E-state index >= 15 is 0 Å². The van der Waals surface area contributed by atoms with Crippen LogP contribution >= 0.6 is 0 Å². The third kappa shape index (κ3) is 4.07. The molecule has 4 rings (SSSR count). The molecule has 1 N–H and O–H groups in total. The Morgan fingerprint density at radius 1 is 0.815 bits per heavy atom. The number of nitrogens with zero attached hydrogens (tertiary/aromatic N) is 3. The van der Waals surface area contributed by atoms with Gasteiger partial charge in [0.05, 0.1) is 11.9 Å². The molecule has 0 amide bonds. The summed E-state index contributed by atoms with van der Waals surface area (Å²) in [6, 6.07) is 28.2. The maximum atomic E-state index is 4.61. The lowest BCUT2D eigenvalue weighted by Crippen LogP contribution is -2.03. The maximum absolute atomic E-state index is 4.61. The molecule has 0 saturated carbocycles. The van der Waals surface area contributed by atoms with Gasteiger partial charge in [-0.2, -0.15) is 10.2 Å². The Kier molecular flexibility index (Phi) is 4.97. The normalized spacial score (nSPS) is 11.8. The van der Waals surface area contributed by atoms with E-state index in [1.165, 1.54) is 0 Å². The molecule has 0 aliphatic rings. The van der Waals surface area contributed by atoms with E-state index < -0.39 is 0 Å². The van der Waals surface area contributed by atoms with E-state index in [1.807, 2.05) is 84.9 Å². The minimum Gasteiger partial charge on any atom is -0.259 e. The Morgan fingerprint density at radius 2 is 1.52 bits per heavy atom. The van der Waals surface area contributed by atoms with E-state index in [0.717, 1.165) is 27.6 Å². The van der Waals surface area contributed by atoms with Gasteiger partial charge in [0, 0.05) is 16.3 Å². The minimum absolute atomic E-state index is 0.634. The highest BCUT2D eigenvalue weighted by atomic mass is 15.3. The zero-order valence-electron chi connectivity index (χ0n) is 14.7. The number of aromatic nitrogens is 2. The highest BCUT2D eigenvalue weighted by molar-refractivity contribution is 6.11. The fraction of sp³-hybridized carbons (Fsp3) is 0. The second kappa shape index (κ2) is 8.06. The van der Waals surface area contributed by atoms with Crippen molar-refractivity contribution in [1.29, 1.82) is 0 Å². The fourth-order valence-electron chi connectivity index (χ4n) is 2.77. The van der Waals surface area contributed by atoms with Crippen molar-refractivity contribution in [2.45, 2.75) is 0 Å². The van der Waals surface area contributed by atoms with Crippen LogP contribution in [0.3, 0.4) is 0 Å². The van der Waals surface area contributed by atoms with Gasteiger partial charge in [0.15, 0.2) is 5.82 Å². The van der Waals surface area contributed by atoms with Gasteiger partial charge in [0.1, 0.15) is 0 Å². The number of benzene rings is 3. The molecule has 0 aliphatic carbocycles. The van der Waals surface area contributed by atoms with Gasteiger partial charge in [-0.15, -0.1) is 5.10 Å². The summed E-state index contributed by atoms with van der Waals surface area (Å²) < 4.78 is 0. The van der Waals surface area contributed by atoms with Crippen molar-refractivity contribution >= 4 is 28.4 Å². The largest absolute Gasteiger partial charge is 0.259 e. The van der Waals surface area contributed by atoms with Crippen LogP contribution in [0.4, 0.5) is 5.82 Å². The van der Waals surface area contributed by atoms with Crippen molar-refractivity contribution < 1.29 is 0 Å². The Morgan fingerprint density at radius 3 is 2.33 bits per heavy atom. The van der Waals surface area contributed by atoms with Gasteiger partial charge in [-0.3, -0.25) is 5.43 Å². The van der Waals surface area contributed by atoms with Crippen LogP contribution in [0, 0.1) is 0 Å². The van der Waals surface area contributed by atoms with Crippen LogP contribution in [0.15, 0.2) is 102 Å². The molecule has 1 heterocycles. The molecule has 0 radical (unpaired) electrons. The summed E-state index contributed by atoms with van der Waals surface area (Å²) in [5, 5.41) is 14.9. The number of hydrogen-bond donors (Lipinski definition) is 1. The first-order chi connectivity index (χ1) is 13.4. The van der Waals surface area contributed by atoms with Crippen LogP contribution in [0.1, 0.15) is 11.1 Å². The van der Waals surface area contributed by atoms with Crippen LogP contribution in [-0.4, -0.2) is 15.9 Å². The van der Waals surface area contributed by atoms with Crippen molar-refractivity contribution in [2.24, 2.45) is 5.10 Å². The second-order valence-corrected chi connectivity index (χ2v) is 6.00. The van der Waals surface area contributed by atoms with Gasteiger partial charge < -0.3 is 0 Å². The maximum Gasteiger partial charge on any atom is 0.176 e. The Balaban J connectivity index is 1.69. The van der Waals surface area contributed by atoms with Gasteiger partial charge in [0.2, 0.25) is 0 Å². The number of hydrogen-bond acceptors (Lipinski definition) is 4. The first-order valence-corrected chi connectivity index (χ1v) is 8.73. The fourth-order valence-corrected chi connectivity index (χ4v) is 2.77. The van der Waals surface area contributed by atoms with E-state index in [4.69, 9.17) is 0 Å². The Hall–Kier alpha value is -3.79. The first kappa shape index (κ1) is 16.7. The molecule has 0 fully saturated rings. The van der Waals surface area contributed by atoms with Gasteiger partial charge >= 0.3 is 0 Å². The number of hydrazone groups is 1. The SMILES string of the molecule is C(=C\c1ccccc1)/C(=N\Nc1nncc2ccccc12)c1ccccc1. The molecule has 4 heteroatoms. The third-order valence-electron chi connectivity index (χ3n) is 4.16. The lowest BCUT2D eigenvalue weighted by molar-refractivity contribution is 1.04. The molecular weight excluding hydrogens is 332 g/mol. The van der Waals surface area contributed by atoms with Crippen molar-refractivity contribution in [1.82, 2.24) is 10.2 Å². The molecular formula is C23H18N4. The lowest BCUT2D eigenvalue weighted by atomic mass is 10.1. The number of allylic oxidation sites excluding steroid dienone is 1. The smallest absolute Gasteiger partial charge is 0.176 e. The standard InChI is InChI=1S/C23H18N4/c1-3-9-18(10-4-1)15-16-22(19-11-5-2-6-12-19)25-27-23-21-14-8-7-13-20(21)17-24-26-23/h1-17H,(H,26,27)/b16-15+,25-22+. The molecule has 1 aromatic heterocycles. The van der Waals surface area contributed by atoms with Gasteiger partial charge in [0.25, 0.3) is 0 Å². The first-order valence-electron chi connectivity index (χ1n) is 8.73. The van der Waals surface area contributed by atoms with E-state index in [9.17, 15) is 0 Å². The molecule has 27 heavy (non-hydrogen) atoms. The van der Waals surface area contributed by atoms with E-state index in [2.05, 4.69) is 32.9 Å². The summed E-state index contributed by atoms with van der Waals surface area (Å²) in [5.41, 5.74) is 6.04. The minimum atomic E-state index is 0.634. The molecule has 0 spiro atoms. The third-order valence-corrected chi connectivity index (χ3v) is 4.16. The highest BCUT2D eigenvalue weighted by Crippen LogP contribution is 2.19. The number of nitrogens with one attached hydrogen (secondary N) is 1. The molecule has 4 aromatic rings. The van der Waals surface area contributed by atoms with E-state index in [-0.39, 0.29) is 0 Å². The van der Waals surface area contributed by atoms with Crippen molar-refractivity contribution in [3.05, 3.63) is 108 Å². The van der Waals surface area contributed by atoms with E-state index in [1.54, 1.807) is 6.20 Å². The number of anilines is 1. The number of fused-ring (bicyclic) bond motifs is 1. The van der Waals surface area contributed by atoms with Gasteiger partial charge in [-0.05, 0) is 11.6 Å². The second-order valence-electron chi connectivity index (χ2n) is 6.00. The molecule has 3 aromatic carbocycles. The summed E-state index contributed by atoms with van der Waals surface area (Å²) in [7, 11) is 0. The molecule has 130 valence electrons. The van der Waals surface area contributed by atoms with Crippen LogP contribution < -0.4 is 5.43 Å². The van der Waals surface area contributed by atoms with Crippen molar-refractivity contribution in [2.75, 3.05) is 5.43 Å².